The van der Waals surface area contributed by atoms with Crippen LogP contribution in [0.5, 0.6) is 0 Å². The Morgan fingerprint density at radius 3 is 2.31 bits per heavy atom. The van der Waals surface area contributed by atoms with Gasteiger partial charge in [-0.1, -0.05) is 27.2 Å². The topological polar surface area (TPSA) is 44.5 Å². The molecule has 0 aromatic rings. The van der Waals surface area contributed by atoms with Gasteiger partial charge in [0.05, 0.1) is 12.7 Å². The van der Waals surface area contributed by atoms with E-state index in [2.05, 4.69) is 20.8 Å². The first kappa shape index (κ1) is 15.9. The zero-order valence-corrected chi connectivity index (χ0v) is 11.4. The highest BCUT2D eigenvalue weighted by Gasteiger charge is 2.34. The molecule has 1 saturated heterocycles. The molecule has 0 aromatic heterocycles. The third kappa shape index (κ3) is 6.46. The molecular formula is C13H29NO2. The van der Waals surface area contributed by atoms with E-state index in [9.17, 15) is 0 Å². The second-order valence-electron chi connectivity index (χ2n) is 4.53. The first-order chi connectivity index (χ1) is 7.61. The van der Waals surface area contributed by atoms with Crippen LogP contribution in [0.15, 0.2) is 0 Å². The molecule has 0 spiro atoms. The fraction of sp³-hybridized carbons (Fsp3) is 1.00. The summed E-state index contributed by atoms with van der Waals surface area (Å²) < 4.78 is 11.4. The highest BCUT2D eigenvalue weighted by atomic mass is 16.7. The molecule has 2 unspecified atom stereocenters. The summed E-state index contributed by atoms with van der Waals surface area (Å²) in [5.74, 6) is -0.326. The Labute approximate surface area is 101 Å². The maximum absolute atomic E-state index is 5.78. The van der Waals surface area contributed by atoms with E-state index in [1.54, 1.807) is 0 Å². The summed E-state index contributed by atoms with van der Waals surface area (Å²) in [6.07, 6.45) is 5.76. The molecule has 1 fully saturated rings. The van der Waals surface area contributed by atoms with E-state index in [1.165, 1.54) is 6.42 Å². The monoisotopic (exact) mass is 231 g/mol. The van der Waals surface area contributed by atoms with Gasteiger partial charge in [0.25, 0.3) is 0 Å². The summed E-state index contributed by atoms with van der Waals surface area (Å²) >= 11 is 0. The summed E-state index contributed by atoms with van der Waals surface area (Å²) in [5, 5.41) is 0. The van der Waals surface area contributed by atoms with Crippen LogP contribution in [0.1, 0.15) is 59.8 Å². The van der Waals surface area contributed by atoms with Crippen molar-refractivity contribution < 1.29 is 9.47 Å². The fourth-order valence-corrected chi connectivity index (χ4v) is 1.53. The van der Waals surface area contributed by atoms with Crippen LogP contribution in [0.2, 0.25) is 0 Å². The molecule has 98 valence electrons. The lowest BCUT2D eigenvalue weighted by molar-refractivity contribution is -0.155. The molecule has 0 aromatic carbocycles. The van der Waals surface area contributed by atoms with Crippen LogP contribution < -0.4 is 5.73 Å². The maximum atomic E-state index is 5.78. The smallest absolute Gasteiger partial charge is 0.165 e. The second-order valence-corrected chi connectivity index (χ2v) is 4.53. The normalized spacial score (nSPS) is 28.7. The Kier molecular flexibility index (Phi) is 8.90. The molecule has 0 bridgehead atoms. The average molecular weight is 231 g/mol. The van der Waals surface area contributed by atoms with Gasteiger partial charge in [0, 0.05) is 0 Å². The number of unbranched alkanes of at least 4 members (excludes halogenated alkanes) is 1. The van der Waals surface area contributed by atoms with Crippen LogP contribution in [-0.2, 0) is 9.47 Å². The quantitative estimate of drug-likeness (QED) is 0.740. The van der Waals surface area contributed by atoms with Crippen molar-refractivity contribution in [3.8, 4) is 0 Å². The van der Waals surface area contributed by atoms with Crippen molar-refractivity contribution in [2.75, 3.05) is 13.2 Å². The van der Waals surface area contributed by atoms with Crippen molar-refractivity contribution in [3.05, 3.63) is 0 Å². The molecule has 1 aliphatic rings. The molecule has 3 nitrogen and oxygen atoms in total. The predicted molar refractivity (Wildman–Crippen MR) is 68.4 cm³/mol. The van der Waals surface area contributed by atoms with E-state index in [1.807, 2.05) is 6.92 Å². The highest BCUT2D eigenvalue weighted by molar-refractivity contribution is 4.73. The average Bonchev–Trinajstić information content (AvgIpc) is 2.63. The maximum Gasteiger partial charge on any atom is 0.165 e. The predicted octanol–water partition coefficient (Wildman–Crippen LogP) is 3.07. The molecule has 0 aliphatic carbocycles. The summed E-state index contributed by atoms with van der Waals surface area (Å²) in [5.41, 5.74) is 5.42. The van der Waals surface area contributed by atoms with Gasteiger partial charge in [-0.15, -0.1) is 0 Å². The SMILES string of the molecule is CCC.CCC1(C)OCC(CCCCN)O1. The van der Waals surface area contributed by atoms with Crippen molar-refractivity contribution in [3.63, 3.8) is 0 Å². The Bertz CT molecular complexity index is 164. The second kappa shape index (κ2) is 8.97. The van der Waals surface area contributed by atoms with E-state index < -0.39 is 0 Å². The summed E-state index contributed by atoms with van der Waals surface area (Å²) in [7, 11) is 0. The third-order valence-corrected chi connectivity index (χ3v) is 2.61. The number of hydrogen-bond acceptors (Lipinski definition) is 3. The lowest BCUT2D eigenvalue weighted by Gasteiger charge is -2.20. The van der Waals surface area contributed by atoms with Crippen molar-refractivity contribution in [1.29, 1.82) is 0 Å². The number of nitrogens with two attached hydrogens (primary N) is 1. The first-order valence-corrected chi connectivity index (χ1v) is 6.63. The molecule has 0 radical (unpaired) electrons. The van der Waals surface area contributed by atoms with Gasteiger partial charge in [0.1, 0.15) is 0 Å². The molecule has 2 N–H and O–H groups in total. The Balaban J connectivity index is 0.000000673. The van der Waals surface area contributed by atoms with Gasteiger partial charge in [-0.3, -0.25) is 0 Å². The van der Waals surface area contributed by atoms with Gasteiger partial charge in [-0.2, -0.15) is 0 Å². The van der Waals surface area contributed by atoms with Gasteiger partial charge >= 0.3 is 0 Å². The van der Waals surface area contributed by atoms with Crippen LogP contribution in [0.4, 0.5) is 0 Å². The standard InChI is InChI=1S/C10H21NO2.C3H8/c1-3-10(2)12-8-9(13-10)6-4-5-7-11;1-3-2/h9H,3-8,11H2,1-2H3;3H2,1-2H3. The number of rotatable bonds is 5. The minimum atomic E-state index is -0.326. The van der Waals surface area contributed by atoms with Crippen LogP contribution in [0.25, 0.3) is 0 Å². The van der Waals surface area contributed by atoms with Crippen LogP contribution in [-0.4, -0.2) is 25.0 Å². The molecule has 0 saturated carbocycles. The van der Waals surface area contributed by atoms with Crippen molar-refractivity contribution in [2.24, 2.45) is 5.73 Å². The molecular weight excluding hydrogens is 202 g/mol. The van der Waals surface area contributed by atoms with E-state index >= 15 is 0 Å². The van der Waals surface area contributed by atoms with Gasteiger partial charge in [-0.25, -0.2) is 0 Å². The highest BCUT2D eigenvalue weighted by Crippen LogP contribution is 2.28. The minimum Gasteiger partial charge on any atom is -0.348 e. The van der Waals surface area contributed by atoms with Gasteiger partial charge in [-0.05, 0) is 39.2 Å². The molecule has 2 atom stereocenters. The van der Waals surface area contributed by atoms with Crippen LogP contribution in [0, 0.1) is 0 Å². The lowest BCUT2D eigenvalue weighted by Crippen LogP contribution is -2.25. The lowest BCUT2D eigenvalue weighted by atomic mass is 10.1. The molecule has 3 heteroatoms. The number of ether oxygens (including phenoxy) is 2. The fourth-order valence-electron chi connectivity index (χ4n) is 1.53. The summed E-state index contributed by atoms with van der Waals surface area (Å²) in [4.78, 5) is 0. The Hall–Kier alpha value is -0.120. The zero-order chi connectivity index (χ0) is 12.4. The van der Waals surface area contributed by atoms with Crippen LogP contribution >= 0.6 is 0 Å². The van der Waals surface area contributed by atoms with E-state index in [4.69, 9.17) is 15.2 Å². The van der Waals surface area contributed by atoms with Crippen molar-refractivity contribution in [2.45, 2.75) is 71.7 Å². The zero-order valence-electron chi connectivity index (χ0n) is 11.4. The Morgan fingerprint density at radius 2 is 1.88 bits per heavy atom. The third-order valence-electron chi connectivity index (χ3n) is 2.61. The Morgan fingerprint density at radius 1 is 1.25 bits per heavy atom. The largest absolute Gasteiger partial charge is 0.348 e. The number of hydrogen-bond donors (Lipinski definition) is 1. The van der Waals surface area contributed by atoms with E-state index in [0.29, 0.717) is 0 Å². The van der Waals surface area contributed by atoms with Crippen molar-refractivity contribution in [1.82, 2.24) is 0 Å². The molecule has 16 heavy (non-hydrogen) atoms. The first-order valence-electron chi connectivity index (χ1n) is 6.63. The van der Waals surface area contributed by atoms with E-state index in [-0.39, 0.29) is 11.9 Å². The van der Waals surface area contributed by atoms with Gasteiger partial charge in [0.2, 0.25) is 0 Å². The molecule has 1 rings (SSSR count). The van der Waals surface area contributed by atoms with Gasteiger partial charge in [0.15, 0.2) is 5.79 Å². The van der Waals surface area contributed by atoms with Gasteiger partial charge < -0.3 is 15.2 Å². The van der Waals surface area contributed by atoms with Crippen LogP contribution in [0.3, 0.4) is 0 Å². The van der Waals surface area contributed by atoms with E-state index in [0.717, 1.165) is 38.8 Å². The molecule has 1 heterocycles. The minimum absolute atomic E-state index is 0.288. The summed E-state index contributed by atoms with van der Waals surface area (Å²) in [6.45, 7) is 9.87. The van der Waals surface area contributed by atoms with Crippen molar-refractivity contribution >= 4 is 0 Å². The molecule has 1 aliphatic heterocycles. The molecule has 0 amide bonds. The summed E-state index contributed by atoms with van der Waals surface area (Å²) in [6, 6.07) is 0.